The molecule has 0 aliphatic heterocycles. The number of fused-ring (bicyclic) bond motifs is 5. The van der Waals surface area contributed by atoms with E-state index in [1.54, 1.807) is 0 Å². The van der Waals surface area contributed by atoms with Gasteiger partial charge in [-0.3, -0.25) is 9.59 Å². The SMILES string of the molecule is COC(=O)[C@@H]1C=C2C[C@@H](O)CC[C@]2(C)C2[C@@H]1C1CCC(=O)[C@@]1(C)C[C@H]2O. The fourth-order valence-electron chi connectivity index (χ4n) is 6.92. The van der Waals surface area contributed by atoms with Gasteiger partial charge in [0.05, 0.1) is 25.2 Å². The van der Waals surface area contributed by atoms with Crippen molar-refractivity contribution in [1.29, 1.82) is 0 Å². The van der Waals surface area contributed by atoms with Gasteiger partial charge in [-0.15, -0.1) is 0 Å². The van der Waals surface area contributed by atoms with Crippen LogP contribution in [0.1, 0.15) is 52.4 Å². The molecule has 4 aliphatic rings. The number of esters is 1. The second-order valence-electron chi connectivity index (χ2n) is 9.42. The van der Waals surface area contributed by atoms with E-state index < -0.39 is 17.4 Å². The number of aliphatic hydroxyl groups excluding tert-OH is 2. The minimum Gasteiger partial charge on any atom is -0.469 e. The summed E-state index contributed by atoms with van der Waals surface area (Å²) in [5.74, 6) is -0.541. The number of Topliss-reactive ketones (excluding diaryl/α,β-unsaturated/α-hetero) is 1. The van der Waals surface area contributed by atoms with E-state index in [1.807, 2.05) is 13.0 Å². The predicted octanol–water partition coefficient (Wildman–Crippen LogP) is 2.25. The van der Waals surface area contributed by atoms with Gasteiger partial charge in [-0.25, -0.2) is 0 Å². The van der Waals surface area contributed by atoms with E-state index in [0.29, 0.717) is 25.7 Å². The maximum Gasteiger partial charge on any atom is 0.312 e. The Morgan fingerprint density at radius 1 is 1.23 bits per heavy atom. The Hall–Kier alpha value is -1.20. The van der Waals surface area contributed by atoms with Crippen molar-refractivity contribution >= 4 is 11.8 Å². The van der Waals surface area contributed by atoms with Gasteiger partial charge in [-0.2, -0.15) is 0 Å². The van der Waals surface area contributed by atoms with Crippen molar-refractivity contribution in [2.45, 2.75) is 64.6 Å². The molecule has 0 amide bonds. The zero-order valence-electron chi connectivity index (χ0n) is 15.9. The summed E-state index contributed by atoms with van der Waals surface area (Å²) in [6.45, 7) is 4.16. The lowest BCUT2D eigenvalue weighted by Gasteiger charge is -2.59. The van der Waals surface area contributed by atoms with E-state index in [9.17, 15) is 19.8 Å². The fraction of sp³-hybridized carbons (Fsp3) is 0.810. The molecule has 0 spiro atoms. The van der Waals surface area contributed by atoms with Gasteiger partial charge in [0.2, 0.25) is 0 Å². The number of aliphatic hydroxyl groups is 2. The predicted molar refractivity (Wildman–Crippen MR) is 95.0 cm³/mol. The first kappa shape index (κ1) is 18.2. The average molecular weight is 362 g/mol. The highest BCUT2D eigenvalue weighted by molar-refractivity contribution is 5.87. The highest BCUT2D eigenvalue weighted by atomic mass is 16.5. The summed E-state index contributed by atoms with van der Waals surface area (Å²) in [4.78, 5) is 25.3. The van der Waals surface area contributed by atoms with Crippen LogP contribution < -0.4 is 0 Å². The molecule has 0 bridgehead atoms. The molecule has 0 saturated heterocycles. The number of hydrogen-bond acceptors (Lipinski definition) is 5. The third-order valence-electron chi connectivity index (χ3n) is 8.26. The van der Waals surface area contributed by atoms with Crippen LogP contribution in [-0.2, 0) is 14.3 Å². The Morgan fingerprint density at radius 2 is 1.96 bits per heavy atom. The average Bonchev–Trinajstić information content (AvgIpc) is 2.88. The van der Waals surface area contributed by atoms with Crippen LogP contribution in [0.5, 0.6) is 0 Å². The zero-order chi connectivity index (χ0) is 18.9. The summed E-state index contributed by atoms with van der Waals surface area (Å²) in [7, 11) is 1.40. The molecule has 26 heavy (non-hydrogen) atoms. The molecule has 5 nitrogen and oxygen atoms in total. The minimum atomic E-state index is -0.612. The van der Waals surface area contributed by atoms with E-state index in [2.05, 4.69) is 6.92 Å². The minimum absolute atomic E-state index is 0.0666. The Bertz CT molecular complexity index is 669. The Labute approximate surface area is 154 Å². The largest absolute Gasteiger partial charge is 0.469 e. The molecule has 0 aromatic carbocycles. The van der Waals surface area contributed by atoms with Crippen LogP contribution in [0, 0.1) is 34.5 Å². The lowest BCUT2D eigenvalue weighted by Crippen LogP contribution is -2.59. The van der Waals surface area contributed by atoms with Gasteiger partial charge in [0.1, 0.15) is 5.78 Å². The van der Waals surface area contributed by atoms with E-state index in [-0.39, 0.29) is 41.0 Å². The molecule has 2 N–H and O–H groups in total. The molecule has 4 rings (SSSR count). The van der Waals surface area contributed by atoms with Crippen molar-refractivity contribution in [3.63, 3.8) is 0 Å². The number of ether oxygens (including phenoxy) is 1. The molecule has 0 aromatic heterocycles. The number of methoxy groups -OCH3 is 1. The van der Waals surface area contributed by atoms with Crippen LogP contribution in [0.2, 0.25) is 0 Å². The van der Waals surface area contributed by atoms with Crippen molar-refractivity contribution in [2.24, 2.45) is 34.5 Å². The summed E-state index contributed by atoms with van der Waals surface area (Å²) in [6.07, 6.45) is 4.91. The Kier molecular flexibility index (Phi) is 4.12. The third-order valence-corrected chi connectivity index (χ3v) is 8.26. The third kappa shape index (κ3) is 2.29. The standard InChI is InChI=1S/C21H30O5/c1-20-7-6-12(22)8-11(20)9-13(19(25)26-3)17-14-4-5-16(24)21(14,2)10-15(23)18(17)20/h9,12-15,17-18,22-23H,4-8,10H2,1-3H3/t12-,13+,14?,15+,17-,18?,20-,21-/m0/s1. The zero-order valence-corrected chi connectivity index (χ0v) is 15.9. The highest BCUT2D eigenvalue weighted by Gasteiger charge is 2.64. The van der Waals surface area contributed by atoms with Crippen molar-refractivity contribution in [2.75, 3.05) is 7.11 Å². The monoisotopic (exact) mass is 362 g/mol. The second-order valence-corrected chi connectivity index (χ2v) is 9.42. The first-order valence-electron chi connectivity index (χ1n) is 9.91. The summed E-state index contributed by atoms with van der Waals surface area (Å²) in [5.41, 5.74) is 0.323. The van der Waals surface area contributed by atoms with Crippen LogP contribution >= 0.6 is 0 Å². The molecule has 3 fully saturated rings. The van der Waals surface area contributed by atoms with Crippen LogP contribution in [0.4, 0.5) is 0 Å². The molecule has 0 heterocycles. The normalized spacial score (nSPS) is 50.3. The van der Waals surface area contributed by atoms with E-state index in [4.69, 9.17) is 4.74 Å². The van der Waals surface area contributed by atoms with Gasteiger partial charge in [0.25, 0.3) is 0 Å². The first-order valence-corrected chi connectivity index (χ1v) is 9.91. The van der Waals surface area contributed by atoms with Crippen molar-refractivity contribution in [3.8, 4) is 0 Å². The fourth-order valence-corrected chi connectivity index (χ4v) is 6.92. The van der Waals surface area contributed by atoms with Gasteiger partial charge in [-0.05, 0) is 55.3 Å². The topological polar surface area (TPSA) is 83.8 Å². The molecule has 0 radical (unpaired) electrons. The summed E-state index contributed by atoms with van der Waals surface area (Å²) in [6, 6.07) is 0. The Morgan fingerprint density at radius 3 is 2.65 bits per heavy atom. The molecule has 5 heteroatoms. The molecular formula is C21H30O5. The van der Waals surface area contributed by atoms with Crippen LogP contribution in [0.25, 0.3) is 0 Å². The van der Waals surface area contributed by atoms with Crippen LogP contribution in [0.3, 0.4) is 0 Å². The smallest absolute Gasteiger partial charge is 0.312 e. The number of ketones is 1. The summed E-state index contributed by atoms with van der Waals surface area (Å²) >= 11 is 0. The molecular weight excluding hydrogens is 332 g/mol. The molecule has 144 valence electrons. The maximum atomic E-state index is 12.7. The number of rotatable bonds is 1. The lowest BCUT2D eigenvalue weighted by atomic mass is 9.45. The highest BCUT2D eigenvalue weighted by Crippen LogP contribution is 2.65. The molecule has 2 unspecified atom stereocenters. The van der Waals surface area contributed by atoms with Crippen LogP contribution in [0.15, 0.2) is 11.6 Å². The van der Waals surface area contributed by atoms with E-state index >= 15 is 0 Å². The molecule has 0 aromatic rings. The van der Waals surface area contributed by atoms with Crippen molar-refractivity contribution in [3.05, 3.63) is 11.6 Å². The lowest BCUT2D eigenvalue weighted by molar-refractivity contribution is -0.166. The van der Waals surface area contributed by atoms with E-state index in [0.717, 1.165) is 18.4 Å². The van der Waals surface area contributed by atoms with Gasteiger partial charge in [-0.1, -0.05) is 25.5 Å². The number of hydrogen-bond donors (Lipinski definition) is 2. The van der Waals surface area contributed by atoms with Gasteiger partial charge in [0, 0.05) is 11.8 Å². The van der Waals surface area contributed by atoms with Crippen molar-refractivity contribution < 1.29 is 24.5 Å². The first-order chi connectivity index (χ1) is 12.2. The molecule has 8 atom stereocenters. The van der Waals surface area contributed by atoms with E-state index in [1.165, 1.54) is 7.11 Å². The summed E-state index contributed by atoms with van der Waals surface area (Å²) in [5, 5.41) is 21.4. The second kappa shape index (κ2) is 5.90. The van der Waals surface area contributed by atoms with Crippen molar-refractivity contribution in [1.82, 2.24) is 0 Å². The maximum absolute atomic E-state index is 12.7. The van der Waals surface area contributed by atoms with Gasteiger partial charge in [0.15, 0.2) is 0 Å². The van der Waals surface area contributed by atoms with Crippen LogP contribution in [-0.4, -0.2) is 41.3 Å². The molecule has 3 saturated carbocycles. The van der Waals surface area contributed by atoms with Gasteiger partial charge >= 0.3 is 5.97 Å². The Balaban J connectivity index is 1.85. The quantitative estimate of drug-likeness (QED) is 0.552. The summed E-state index contributed by atoms with van der Waals surface area (Å²) < 4.78 is 5.11. The number of carbonyl (C=O) groups is 2. The van der Waals surface area contributed by atoms with Gasteiger partial charge < -0.3 is 14.9 Å². The molecule has 4 aliphatic carbocycles. The number of carbonyl (C=O) groups excluding carboxylic acids is 2.